The molecular formula is C29H49N5O4Si. The van der Waals surface area contributed by atoms with Crippen molar-refractivity contribution in [2.24, 2.45) is 16.6 Å². The number of nitrogens with zero attached hydrogens (tertiary/aromatic N) is 1. The number of fused-ring (bicyclic) bond motifs is 1. The largest absolute Gasteiger partial charge is 0.486 e. The molecule has 0 aromatic heterocycles. The number of aryl methyl sites for hydroxylation is 1. The molecule has 2 atom stereocenters. The van der Waals surface area contributed by atoms with Crippen LogP contribution in [0.1, 0.15) is 65.5 Å². The van der Waals surface area contributed by atoms with Crippen molar-refractivity contribution in [1.82, 2.24) is 10.6 Å². The van der Waals surface area contributed by atoms with Crippen molar-refractivity contribution in [3.63, 3.8) is 0 Å². The third-order valence-electron chi connectivity index (χ3n) is 8.21. The van der Waals surface area contributed by atoms with E-state index in [0.717, 1.165) is 65.9 Å². The molecule has 39 heavy (non-hydrogen) atoms. The van der Waals surface area contributed by atoms with Crippen LogP contribution in [-0.4, -0.2) is 56.9 Å². The van der Waals surface area contributed by atoms with Gasteiger partial charge in [-0.2, -0.15) is 0 Å². The average molecular weight is 560 g/mol. The monoisotopic (exact) mass is 559 g/mol. The highest BCUT2D eigenvalue weighted by molar-refractivity contribution is 6.80. The van der Waals surface area contributed by atoms with Crippen molar-refractivity contribution in [3.8, 4) is 5.75 Å². The molecule has 0 saturated heterocycles. The number of benzene rings is 1. The summed E-state index contributed by atoms with van der Waals surface area (Å²) in [6.07, 6.45) is 3.62. The zero-order chi connectivity index (χ0) is 28.7. The molecule has 2 aliphatic rings. The van der Waals surface area contributed by atoms with Crippen molar-refractivity contribution in [3.05, 3.63) is 35.5 Å². The quantitative estimate of drug-likeness (QED) is 0.130. The van der Waals surface area contributed by atoms with Crippen molar-refractivity contribution >= 4 is 25.6 Å². The fourth-order valence-corrected chi connectivity index (χ4v) is 9.27. The first-order valence-electron chi connectivity index (χ1n) is 14.4. The standard InChI is InChI=1S/C29H49N5O4Si/c1-7-39(8-2,9-3)20-29(38-31,26(35)37-28(4,5)6)25-14-12-22-17-21(11-13-24(22)36-25)23-18-33-27(34-19-23)32-16-10-15-30/h11,13,17-18,25H,7-10,12,14-16,19-20,30-31H2,1-6H3,(H2,32,33,34)/t25-,29?/m1/s1. The zero-order valence-electron chi connectivity index (χ0n) is 24.7. The van der Waals surface area contributed by atoms with Gasteiger partial charge in [0.15, 0.2) is 5.96 Å². The first-order chi connectivity index (χ1) is 18.5. The number of esters is 1. The molecule has 0 bridgehead atoms. The van der Waals surface area contributed by atoms with Gasteiger partial charge < -0.3 is 25.8 Å². The first kappa shape index (κ1) is 31.1. The molecule has 9 nitrogen and oxygen atoms in total. The Labute approximate surface area is 235 Å². The number of aliphatic imine (C=N–C) groups is 1. The molecule has 6 N–H and O–H groups in total. The molecule has 2 heterocycles. The number of carbonyl (C=O) groups excluding carboxylic acids is 1. The number of carbonyl (C=O) groups is 1. The SMILES string of the molecule is CC[Si](CC)(CC)CC(ON)(C(=O)OC(C)(C)C)[C@H]1CCc2cc(C3=CN=C(NCCCN)NC3)ccc2O1. The molecule has 218 valence electrons. The summed E-state index contributed by atoms with van der Waals surface area (Å²) in [4.78, 5) is 24.0. The highest BCUT2D eigenvalue weighted by Gasteiger charge is 2.56. The summed E-state index contributed by atoms with van der Waals surface area (Å²) in [6.45, 7) is 14.4. The molecule has 1 aromatic rings. The molecular weight excluding hydrogens is 510 g/mol. The fraction of sp³-hybridized carbons (Fsp3) is 0.655. The van der Waals surface area contributed by atoms with Crippen LogP contribution < -0.4 is 27.0 Å². The number of ether oxygens (including phenoxy) is 2. The van der Waals surface area contributed by atoms with Gasteiger partial charge in [-0.3, -0.25) is 4.84 Å². The van der Waals surface area contributed by atoms with Crippen LogP contribution in [0.25, 0.3) is 5.57 Å². The lowest BCUT2D eigenvalue weighted by molar-refractivity contribution is -0.196. The minimum Gasteiger partial charge on any atom is -0.486 e. The van der Waals surface area contributed by atoms with Gasteiger partial charge in [-0.25, -0.2) is 15.7 Å². The van der Waals surface area contributed by atoms with E-state index >= 15 is 0 Å². The van der Waals surface area contributed by atoms with Crippen LogP contribution in [0, 0.1) is 0 Å². The summed E-state index contributed by atoms with van der Waals surface area (Å²) < 4.78 is 12.5. The van der Waals surface area contributed by atoms with Gasteiger partial charge >= 0.3 is 5.97 Å². The van der Waals surface area contributed by atoms with E-state index in [1.54, 1.807) is 0 Å². The number of guanidine groups is 1. The van der Waals surface area contributed by atoms with Crippen LogP contribution in [0.3, 0.4) is 0 Å². The molecule has 10 heteroatoms. The maximum atomic E-state index is 13.8. The van der Waals surface area contributed by atoms with E-state index in [0.29, 0.717) is 25.6 Å². The van der Waals surface area contributed by atoms with Gasteiger partial charge in [-0.1, -0.05) is 45.0 Å². The third-order valence-corrected chi connectivity index (χ3v) is 14.0. The van der Waals surface area contributed by atoms with Crippen LogP contribution >= 0.6 is 0 Å². The van der Waals surface area contributed by atoms with E-state index in [4.69, 9.17) is 25.9 Å². The maximum absolute atomic E-state index is 13.8. The van der Waals surface area contributed by atoms with Crippen molar-refractivity contribution < 1.29 is 19.1 Å². The minimum atomic E-state index is -1.86. The summed E-state index contributed by atoms with van der Waals surface area (Å²) in [5.41, 5.74) is 6.84. The summed E-state index contributed by atoms with van der Waals surface area (Å²) in [7, 11) is -1.86. The van der Waals surface area contributed by atoms with Crippen molar-refractivity contribution in [1.29, 1.82) is 0 Å². The lowest BCUT2D eigenvalue weighted by Crippen LogP contribution is -2.62. The smallest absolute Gasteiger partial charge is 0.344 e. The highest BCUT2D eigenvalue weighted by Crippen LogP contribution is 2.42. The van der Waals surface area contributed by atoms with Gasteiger partial charge in [0.25, 0.3) is 0 Å². The number of hydrogen-bond acceptors (Lipinski definition) is 9. The topological polar surface area (TPSA) is 133 Å². The van der Waals surface area contributed by atoms with Crippen LogP contribution in [0.15, 0.2) is 29.4 Å². The van der Waals surface area contributed by atoms with Crippen LogP contribution in [0.5, 0.6) is 5.75 Å². The van der Waals surface area contributed by atoms with Crippen molar-refractivity contribution in [2.45, 2.75) is 102 Å². The Balaban J connectivity index is 1.87. The minimum absolute atomic E-state index is 0.429. The molecule has 0 fully saturated rings. The molecule has 0 amide bonds. The van der Waals surface area contributed by atoms with Gasteiger partial charge in [0.1, 0.15) is 17.5 Å². The van der Waals surface area contributed by atoms with Crippen LogP contribution in [-0.2, 0) is 20.8 Å². The Morgan fingerprint density at radius 3 is 2.51 bits per heavy atom. The molecule has 3 rings (SSSR count). The predicted molar refractivity (Wildman–Crippen MR) is 160 cm³/mol. The van der Waals surface area contributed by atoms with E-state index in [-0.39, 0.29) is 0 Å². The number of nitrogens with two attached hydrogens (primary N) is 2. The number of nitrogens with one attached hydrogen (secondary N) is 2. The van der Waals surface area contributed by atoms with Gasteiger partial charge in [0, 0.05) is 19.3 Å². The second-order valence-electron chi connectivity index (χ2n) is 11.8. The van der Waals surface area contributed by atoms with E-state index < -0.39 is 31.3 Å². The number of hydrogen-bond donors (Lipinski definition) is 4. The third kappa shape index (κ3) is 7.42. The predicted octanol–water partition coefficient (Wildman–Crippen LogP) is 4.10. The normalized spacial score (nSPS) is 19.0. The fourth-order valence-electron chi connectivity index (χ4n) is 5.45. The first-order valence-corrected chi connectivity index (χ1v) is 17.2. The summed E-state index contributed by atoms with van der Waals surface area (Å²) >= 11 is 0. The van der Waals surface area contributed by atoms with E-state index in [1.807, 2.05) is 39.1 Å². The second kappa shape index (κ2) is 13.3. The van der Waals surface area contributed by atoms with E-state index in [2.05, 4.69) is 42.5 Å². The van der Waals surface area contributed by atoms with Crippen LogP contribution in [0.2, 0.25) is 24.2 Å². The molecule has 1 unspecified atom stereocenters. The maximum Gasteiger partial charge on any atom is 0.344 e. The van der Waals surface area contributed by atoms with Crippen molar-refractivity contribution in [2.75, 3.05) is 19.6 Å². The van der Waals surface area contributed by atoms with E-state index in [1.165, 1.54) is 0 Å². The van der Waals surface area contributed by atoms with Gasteiger partial charge in [0.2, 0.25) is 5.60 Å². The molecule has 0 spiro atoms. The van der Waals surface area contributed by atoms with E-state index in [9.17, 15) is 4.79 Å². The molecule has 2 aliphatic heterocycles. The Hall–Kier alpha value is -2.40. The molecule has 0 saturated carbocycles. The second-order valence-corrected chi connectivity index (χ2v) is 17.2. The van der Waals surface area contributed by atoms with Gasteiger partial charge in [-0.05, 0) is 81.5 Å². The summed E-state index contributed by atoms with van der Waals surface area (Å²) in [6, 6.07) is 9.87. The Bertz CT molecular complexity index is 1040. The number of rotatable bonds is 12. The van der Waals surface area contributed by atoms with Crippen LogP contribution in [0.4, 0.5) is 0 Å². The Morgan fingerprint density at radius 2 is 1.95 bits per heavy atom. The summed E-state index contributed by atoms with van der Waals surface area (Å²) in [5.74, 6) is 7.12. The van der Waals surface area contributed by atoms with Gasteiger partial charge in [-0.15, -0.1) is 0 Å². The summed E-state index contributed by atoms with van der Waals surface area (Å²) in [5, 5.41) is 6.59. The van der Waals surface area contributed by atoms with Gasteiger partial charge in [0.05, 0.1) is 8.07 Å². The zero-order valence-corrected chi connectivity index (χ0v) is 25.7. The molecule has 0 aliphatic carbocycles. The Kier molecular flexibility index (Phi) is 10.6. The average Bonchev–Trinajstić information content (AvgIpc) is 2.93. The molecule has 0 radical (unpaired) electrons. The highest BCUT2D eigenvalue weighted by atomic mass is 28.3. The lowest BCUT2D eigenvalue weighted by Gasteiger charge is -2.44. The Morgan fingerprint density at radius 1 is 1.23 bits per heavy atom. The molecule has 1 aromatic carbocycles. The lowest BCUT2D eigenvalue weighted by atomic mass is 9.89.